The Balaban J connectivity index is 1.88. The summed E-state index contributed by atoms with van der Waals surface area (Å²) in [6.45, 7) is 4.40. The molecule has 17 heavy (non-hydrogen) atoms. The molecule has 1 aliphatic rings. The number of halogens is 3. The van der Waals surface area contributed by atoms with Crippen molar-refractivity contribution in [1.82, 2.24) is 4.90 Å². The zero-order valence-corrected chi connectivity index (χ0v) is 12.6. The van der Waals surface area contributed by atoms with Crippen LogP contribution in [0.15, 0.2) is 16.6 Å². The molecule has 0 amide bonds. The summed E-state index contributed by atoms with van der Waals surface area (Å²) >= 11 is 15.6. The zero-order valence-electron chi connectivity index (χ0n) is 9.48. The van der Waals surface area contributed by atoms with E-state index in [-0.39, 0.29) is 0 Å². The summed E-state index contributed by atoms with van der Waals surface area (Å²) in [4.78, 5) is 2.46. The Kier molecular flexibility index (Phi) is 4.97. The van der Waals surface area contributed by atoms with Crippen molar-refractivity contribution < 1.29 is 0 Å². The zero-order chi connectivity index (χ0) is 12.3. The number of benzene rings is 1. The molecular formula is C12H15BrCl2N2. The van der Waals surface area contributed by atoms with Gasteiger partial charge in [-0.25, -0.2) is 0 Å². The number of likely N-dealkylation sites (tertiary alicyclic amines) is 1. The molecule has 2 rings (SSSR count). The van der Waals surface area contributed by atoms with E-state index < -0.39 is 0 Å². The molecule has 1 aromatic rings. The van der Waals surface area contributed by atoms with E-state index in [0.717, 1.165) is 23.2 Å². The highest BCUT2D eigenvalue weighted by Crippen LogP contribution is 2.35. The minimum Gasteiger partial charge on any atom is -0.383 e. The van der Waals surface area contributed by atoms with Gasteiger partial charge < -0.3 is 10.2 Å². The second-order valence-electron chi connectivity index (χ2n) is 4.20. The van der Waals surface area contributed by atoms with E-state index in [0.29, 0.717) is 10.0 Å². The van der Waals surface area contributed by atoms with E-state index in [9.17, 15) is 0 Å². The van der Waals surface area contributed by atoms with Gasteiger partial charge in [-0.2, -0.15) is 0 Å². The number of nitrogens with zero attached hydrogens (tertiary/aromatic N) is 1. The summed E-state index contributed by atoms with van der Waals surface area (Å²) in [5, 5.41) is 4.48. The average molecular weight is 338 g/mol. The van der Waals surface area contributed by atoms with Crippen molar-refractivity contribution in [2.45, 2.75) is 12.8 Å². The first-order valence-corrected chi connectivity index (χ1v) is 7.33. The van der Waals surface area contributed by atoms with Gasteiger partial charge in [-0.1, -0.05) is 23.2 Å². The standard InChI is InChI=1S/C12H15BrCl2N2/c13-9-3-4-10(12(15)11(9)14)16-5-8-17-6-1-2-7-17/h3-4,16H,1-2,5-8H2. The SMILES string of the molecule is Clc1c(Br)ccc(NCCN2CCCC2)c1Cl. The quantitative estimate of drug-likeness (QED) is 0.825. The molecule has 0 unspecified atom stereocenters. The van der Waals surface area contributed by atoms with Crippen molar-refractivity contribution >= 4 is 44.8 Å². The lowest BCUT2D eigenvalue weighted by Gasteiger charge is -2.16. The molecule has 0 bridgehead atoms. The van der Waals surface area contributed by atoms with Crippen LogP contribution in [0.3, 0.4) is 0 Å². The van der Waals surface area contributed by atoms with Gasteiger partial charge in [0.25, 0.3) is 0 Å². The maximum Gasteiger partial charge on any atom is 0.0835 e. The molecule has 1 aromatic carbocycles. The van der Waals surface area contributed by atoms with Gasteiger partial charge in [0.15, 0.2) is 0 Å². The fourth-order valence-electron chi connectivity index (χ4n) is 2.02. The number of hydrogen-bond donors (Lipinski definition) is 1. The van der Waals surface area contributed by atoms with Gasteiger partial charge in [-0.15, -0.1) is 0 Å². The van der Waals surface area contributed by atoms with Crippen molar-refractivity contribution in [2.75, 3.05) is 31.5 Å². The third-order valence-electron chi connectivity index (χ3n) is 2.98. The van der Waals surface area contributed by atoms with E-state index in [4.69, 9.17) is 23.2 Å². The first-order valence-electron chi connectivity index (χ1n) is 5.78. The molecule has 94 valence electrons. The van der Waals surface area contributed by atoms with Crippen LogP contribution in [0.4, 0.5) is 5.69 Å². The predicted octanol–water partition coefficient (Wildman–Crippen LogP) is 4.26. The van der Waals surface area contributed by atoms with Crippen LogP contribution in [-0.2, 0) is 0 Å². The van der Waals surface area contributed by atoms with Gasteiger partial charge >= 0.3 is 0 Å². The molecule has 0 spiro atoms. The van der Waals surface area contributed by atoms with Crippen molar-refractivity contribution in [3.63, 3.8) is 0 Å². The lowest BCUT2D eigenvalue weighted by atomic mass is 10.3. The van der Waals surface area contributed by atoms with Gasteiger partial charge in [-0.05, 0) is 54.0 Å². The first kappa shape index (κ1) is 13.5. The van der Waals surface area contributed by atoms with E-state index in [1.165, 1.54) is 25.9 Å². The Hall–Kier alpha value is 0.0400. The number of anilines is 1. The lowest BCUT2D eigenvalue weighted by molar-refractivity contribution is 0.352. The van der Waals surface area contributed by atoms with Gasteiger partial charge in [0.05, 0.1) is 15.7 Å². The molecular weight excluding hydrogens is 323 g/mol. The fraction of sp³-hybridized carbons (Fsp3) is 0.500. The van der Waals surface area contributed by atoms with E-state index >= 15 is 0 Å². The summed E-state index contributed by atoms with van der Waals surface area (Å²) in [7, 11) is 0. The van der Waals surface area contributed by atoms with Crippen molar-refractivity contribution in [3.8, 4) is 0 Å². The maximum atomic E-state index is 6.16. The highest BCUT2D eigenvalue weighted by atomic mass is 79.9. The number of rotatable bonds is 4. The molecule has 1 heterocycles. The van der Waals surface area contributed by atoms with Crippen LogP contribution in [0.25, 0.3) is 0 Å². The highest BCUT2D eigenvalue weighted by Gasteiger charge is 2.11. The summed E-state index contributed by atoms with van der Waals surface area (Å²) in [5.74, 6) is 0. The second-order valence-corrected chi connectivity index (χ2v) is 5.81. The van der Waals surface area contributed by atoms with Crippen LogP contribution in [0.5, 0.6) is 0 Å². The highest BCUT2D eigenvalue weighted by molar-refractivity contribution is 9.10. The average Bonchev–Trinajstić information content (AvgIpc) is 2.82. The van der Waals surface area contributed by atoms with Crippen LogP contribution in [0.2, 0.25) is 10.0 Å². The molecule has 0 saturated carbocycles. The van der Waals surface area contributed by atoms with Crippen LogP contribution in [-0.4, -0.2) is 31.1 Å². The third-order valence-corrected chi connectivity index (χ3v) is 4.75. The van der Waals surface area contributed by atoms with E-state index in [2.05, 4.69) is 26.1 Å². The largest absolute Gasteiger partial charge is 0.383 e. The van der Waals surface area contributed by atoms with Crippen molar-refractivity contribution in [3.05, 3.63) is 26.7 Å². The first-order chi connectivity index (χ1) is 8.18. The number of nitrogens with one attached hydrogen (secondary N) is 1. The second kappa shape index (κ2) is 6.28. The molecule has 0 radical (unpaired) electrons. The van der Waals surface area contributed by atoms with Gasteiger partial charge in [0.2, 0.25) is 0 Å². The monoisotopic (exact) mass is 336 g/mol. The van der Waals surface area contributed by atoms with Gasteiger partial charge in [0, 0.05) is 17.6 Å². The summed E-state index contributed by atoms with van der Waals surface area (Å²) in [6.07, 6.45) is 2.65. The van der Waals surface area contributed by atoms with Gasteiger partial charge in [-0.3, -0.25) is 0 Å². The molecule has 0 atom stereocenters. The van der Waals surface area contributed by atoms with Crippen LogP contribution in [0.1, 0.15) is 12.8 Å². The Morgan fingerprint density at radius 2 is 1.88 bits per heavy atom. The Bertz CT molecular complexity index is 392. The molecule has 1 aliphatic heterocycles. The molecule has 2 nitrogen and oxygen atoms in total. The normalized spacial score (nSPS) is 16.4. The smallest absolute Gasteiger partial charge is 0.0835 e. The van der Waals surface area contributed by atoms with Gasteiger partial charge in [0.1, 0.15) is 0 Å². The van der Waals surface area contributed by atoms with E-state index in [1.54, 1.807) is 0 Å². The molecule has 1 fully saturated rings. The van der Waals surface area contributed by atoms with Crippen LogP contribution >= 0.6 is 39.1 Å². The Morgan fingerprint density at radius 3 is 2.59 bits per heavy atom. The molecule has 1 saturated heterocycles. The topological polar surface area (TPSA) is 15.3 Å². The third kappa shape index (κ3) is 3.50. The maximum absolute atomic E-state index is 6.16. The Morgan fingerprint density at radius 1 is 1.18 bits per heavy atom. The van der Waals surface area contributed by atoms with Crippen LogP contribution in [0, 0.1) is 0 Å². The molecule has 5 heteroatoms. The summed E-state index contributed by atoms with van der Waals surface area (Å²) < 4.78 is 0.828. The van der Waals surface area contributed by atoms with Crippen molar-refractivity contribution in [1.29, 1.82) is 0 Å². The summed E-state index contributed by atoms with van der Waals surface area (Å²) in [5.41, 5.74) is 0.902. The molecule has 1 N–H and O–H groups in total. The predicted molar refractivity (Wildman–Crippen MR) is 78.3 cm³/mol. The van der Waals surface area contributed by atoms with Crippen LogP contribution < -0.4 is 5.32 Å². The van der Waals surface area contributed by atoms with E-state index in [1.807, 2.05) is 12.1 Å². The number of hydrogen-bond acceptors (Lipinski definition) is 2. The molecule has 0 aliphatic carbocycles. The molecule has 0 aromatic heterocycles. The minimum absolute atomic E-state index is 0.567. The minimum atomic E-state index is 0.567. The fourth-order valence-corrected chi connectivity index (χ4v) is 2.86. The Labute approximate surface area is 120 Å². The van der Waals surface area contributed by atoms with Crippen molar-refractivity contribution in [2.24, 2.45) is 0 Å². The lowest BCUT2D eigenvalue weighted by Crippen LogP contribution is -2.26. The summed E-state index contributed by atoms with van der Waals surface area (Å²) in [6, 6.07) is 3.86.